The number of benzene rings is 1. The molecular weight excluding hydrogens is 488 g/mol. The van der Waals surface area contributed by atoms with Crippen LogP contribution in [0.15, 0.2) is 48.6 Å². The van der Waals surface area contributed by atoms with Gasteiger partial charge in [-0.25, -0.2) is 4.98 Å². The van der Waals surface area contributed by atoms with Crippen molar-refractivity contribution < 1.29 is 14.7 Å². The molecule has 1 aromatic carbocycles. The molecule has 2 aromatic rings. The van der Waals surface area contributed by atoms with Gasteiger partial charge in [-0.05, 0) is 75.6 Å². The van der Waals surface area contributed by atoms with Crippen LogP contribution < -0.4 is 10.6 Å². The number of nitrogens with one attached hydrogen (secondary N) is 2. The van der Waals surface area contributed by atoms with E-state index in [0.29, 0.717) is 37.3 Å². The number of aliphatic hydroxyl groups is 1. The average molecular weight is 535 g/mol. The molecule has 0 saturated heterocycles. The van der Waals surface area contributed by atoms with Crippen LogP contribution >= 0.6 is 0 Å². The fourth-order valence-electron chi connectivity index (χ4n) is 5.06. The number of amides is 2. The van der Waals surface area contributed by atoms with E-state index >= 15 is 0 Å². The van der Waals surface area contributed by atoms with Gasteiger partial charge in [-0.1, -0.05) is 50.6 Å². The summed E-state index contributed by atoms with van der Waals surface area (Å²) in [6, 6.07) is 11.3. The first-order chi connectivity index (χ1) is 18.6. The monoisotopic (exact) mass is 534 g/mol. The fraction of sp³-hybridized carbons (Fsp3) is 0.531. The van der Waals surface area contributed by atoms with E-state index in [1.165, 1.54) is 11.1 Å². The van der Waals surface area contributed by atoms with Crippen LogP contribution in [0.1, 0.15) is 97.5 Å². The zero-order valence-electron chi connectivity index (χ0n) is 24.3. The minimum atomic E-state index is -0.814. The van der Waals surface area contributed by atoms with Crippen LogP contribution in [0.25, 0.3) is 0 Å². The largest absolute Gasteiger partial charge is 0.390 e. The maximum Gasteiger partial charge on any atom is 0.272 e. The second kappa shape index (κ2) is 13.9. The van der Waals surface area contributed by atoms with E-state index in [9.17, 15) is 14.7 Å². The molecule has 1 aliphatic carbocycles. The highest BCUT2D eigenvalue weighted by molar-refractivity contribution is 5.98. The summed E-state index contributed by atoms with van der Waals surface area (Å²) in [5, 5.41) is 17.8. The Labute approximate surface area is 234 Å². The lowest BCUT2D eigenvalue weighted by molar-refractivity contribution is 0.0749. The number of aryl methyl sites for hydroxylation is 2. The average Bonchev–Trinajstić information content (AvgIpc) is 3.71. The van der Waals surface area contributed by atoms with E-state index in [1.807, 2.05) is 20.8 Å². The lowest BCUT2D eigenvalue weighted by atomic mass is 9.99. The number of aromatic nitrogens is 1. The fourth-order valence-corrected chi connectivity index (χ4v) is 5.06. The van der Waals surface area contributed by atoms with Gasteiger partial charge in [0.25, 0.3) is 11.8 Å². The van der Waals surface area contributed by atoms with Crippen molar-refractivity contribution in [2.45, 2.75) is 90.8 Å². The highest BCUT2D eigenvalue weighted by Crippen LogP contribution is 2.45. The molecule has 0 aliphatic heterocycles. The Morgan fingerprint density at radius 3 is 2.41 bits per heavy atom. The standard InChI is InChI=1S/C32H46N4O3/c1-7-15-36(16-8-2)31(39)28-20-25(18-23(6)34-28)30(38)35-27(17-22(4)5)29(37)21-33-32(13-14-32)26-12-10-11-24(9-3)19-26/h10-12,18-20,27,29,33,37H,4,7-9,13-17,21H2,1-3,5-6H3,(H,35,38). The zero-order chi connectivity index (χ0) is 28.6. The third-order valence-corrected chi connectivity index (χ3v) is 7.35. The van der Waals surface area contributed by atoms with Crippen LogP contribution in [0.5, 0.6) is 0 Å². The Kier molecular flexibility index (Phi) is 10.8. The van der Waals surface area contributed by atoms with Gasteiger partial charge in [0.15, 0.2) is 0 Å². The number of aliphatic hydroxyl groups excluding tert-OH is 1. The van der Waals surface area contributed by atoms with Gasteiger partial charge in [0.2, 0.25) is 0 Å². The predicted molar refractivity (Wildman–Crippen MR) is 157 cm³/mol. The van der Waals surface area contributed by atoms with E-state index in [-0.39, 0.29) is 23.0 Å². The summed E-state index contributed by atoms with van der Waals surface area (Å²) in [6.45, 7) is 15.5. The van der Waals surface area contributed by atoms with Crippen molar-refractivity contribution in [1.29, 1.82) is 0 Å². The molecule has 1 fully saturated rings. The van der Waals surface area contributed by atoms with Crippen molar-refractivity contribution in [2.75, 3.05) is 19.6 Å². The number of rotatable bonds is 15. The number of carbonyl (C=O) groups excluding carboxylic acids is 2. The Morgan fingerprint density at radius 1 is 1.13 bits per heavy atom. The predicted octanol–water partition coefficient (Wildman–Crippen LogP) is 4.92. The van der Waals surface area contributed by atoms with Gasteiger partial charge < -0.3 is 20.6 Å². The quantitative estimate of drug-likeness (QED) is 0.282. The van der Waals surface area contributed by atoms with E-state index in [4.69, 9.17) is 0 Å². The Balaban J connectivity index is 1.72. The molecule has 2 amide bonds. The molecule has 3 N–H and O–H groups in total. The first-order valence-corrected chi connectivity index (χ1v) is 14.4. The van der Waals surface area contributed by atoms with Crippen molar-refractivity contribution >= 4 is 11.8 Å². The van der Waals surface area contributed by atoms with Gasteiger partial charge in [-0.15, -0.1) is 6.58 Å². The molecule has 1 aliphatic rings. The normalized spacial score (nSPS) is 15.3. The van der Waals surface area contributed by atoms with Crippen LogP contribution in [0, 0.1) is 6.92 Å². The summed E-state index contributed by atoms with van der Waals surface area (Å²) in [5.74, 6) is -0.504. The molecule has 212 valence electrons. The lowest BCUT2D eigenvalue weighted by Gasteiger charge is -2.27. The van der Waals surface area contributed by atoms with Crippen molar-refractivity contribution in [3.8, 4) is 0 Å². The van der Waals surface area contributed by atoms with Crippen LogP contribution in [0.4, 0.5) is 0 Å². The second-order valence-electron chi connectivity index (χ2n) is 11.0. The van der Waals surface area contributed by atoms with Gasteiger partial charge in [0.1, 0.15) is 5.69 Å². The summed E-state index contributed by atoms with van der Waals surface area (Å²) < 4.78 is 0. The smallest absolute Gasteiger partial charge is 0.272 e. The minimum Gasteiger partial charge on any atom is -0.390 e. The molecule has 3 rings (SSSR count). The number of hydrogen-bond acceptors (Lipinski definition) is 5. The van der Waals surface area contributed by atoms with Crippen LogP contribution in [-0.2, 0) is 12.0 Å². The SMILES string of the molecule is C=C(C)CC(NC(=O)c1cc(C)nc(C(=O)N(CCC)CCC)c1)C(O)CNC1(c2cccc(CC)c2)CC1. The van der Waals surface area contributed by atoms with Gasteiger partial charge in [-0.2, -0.15) is 0 Å². The highest BCUT2D eigenvalue weighted by Gasteiger charge is 2.44. The first kappa shape index (κ1) is 30.5. The highest BCUT2D eigenvalue weighted by atomic mass is 16.3. The summed E-state index contributed by atoms with van der Waals surface area (Å²) in [4.78, 5) is 32.7. The van der Waals surface area contributed by atoms with Crippen molar-refractivity contribution in [3.05, 3.63) is 76.6 Å². The number of nitrogens with zero attached hydrogens (tertiary/aromatic N) is 2. The molecule has 0 radical (unpaired) electrons. The third-order valence-electron chi connectivity index (χ3n) is 7.35. The molecule has 1 heterocycles. The van der Waals surface area contributed by atoms with E-state index in [1.54, 1.807) is 24.0 Å². The summed E-state index contributed by atoms with van der Waals surface area (Å²) in [5.41, 5.74) is 4.53. The van der Waals surface area contributed by atoms with Crippen molar-refractivity contribution in [1.82, 2.24) is 20.5 Å². The third kappa shape index (κ3) is 8.23. The van der Waals surface area contributed by atoms with E-state index in [2.05, 4.69) is 53.4 Å². The summed E-state index contributed by atoms with van der Waals surface area (Å²) >= 11 is 0. The maximum atomic E-state index is 13.4. The Bertz CT molecular complexity index is 1150. The molecule has 2 unspecified atom stereocenters. The number of carbonyl (C=O) groups is 2. The second-order valence-corrected chi connectivity index (χ2v) is 11.0. The Hall–Kier alpha value is -3.03. The number of hydrogen-bond donors (Lipinski definition) is 3. The van der Waals surface area contributed by atoms with Crippen molar-refractivity contribution in [3.63, 3.8) is 0 Å². The summed E-state index contributed by atoms with van der Waals surface area (Å²) in [6.07, 6.45) is 4.36. The maximum absolute atomic E-state index is 13.4. The van der Waals surface area contributed by atoms with Crippen LogP contribution in [-0.4, -0.2) is 58.6 Å². The molecule has 7 heteroatoms. The minimum absolute atomic E-state index is 0.121. The topological polar surface area (TPSA) is 94.6 Å². The summed E-state index contributed by atoms with van der Waals surface area (Å²) in [7, 11) is 0. The van der Waals surface area contributed by atoms with E-state index in [0.717, 1.165) is 37.7 Å². The zero-order valence-corrected chi connectivity index (χ0v) is 24.3. The molecule has 7 nitrogen and oxygen atoms in total. The molecule has 1 aromatic heterocycles. The molecule has 0 spiro atoms. The lowest BCUT2D eigenvalue weighted by Crippen LogP contribution is -2.49. The van der Waals surface area contributed by atoms with Gasteiger partial charge in [-0.3, -0.25) is 9.59 Å². The Morgan fingerprint density at radius 2 is 1.82 bits per heavy atom. The molecule has 2 atom stereocenters. The molecule has 39 heavy (non-hydrogen) atoms. The van der Waals surface area contributed by atoms with Gasteiger partial charge >= 0.3 is 0 Å². The van der Waals surface area contributed by atoms with E-state index < -0.39 is 12.1 Å². The molecular formula is C32H46N4O3. The van der Waals surface area contributed by atoms with Crippen LogP contribution in [0.3, 0.4) is 0 Å². The number of pyridine rings is 1. The van der Waals surface area contributed by atoms with Gasteiger partial charge in [0.05, 0.1) is 12.1 Å². The molecule has 0 bridgehead atoms. The first-order valence-electron chi connectivity index (χ1n) is 14.4. The van der Waals surface area contributed by atoms with Gasteiger partial charge in [0, 0.05) is 36.4 Å². The van der Waals surface area contributed by atoms with Crippen LogP contribution in [0.2, 0.25) is 0 Å². The van der Waals surface area contributed by atoms with Crippen molar-refractivity contribution in [2.24, 2.45) is 0 Å². The molecule has 1 saturated carbocycles.